The summed E-state index contributed by atoms with van der Waals surface area (Å²) in [6, 6.07) is -4.39. The Labute approximate surface area is 190 Å². The van der Waals surface area contributed by atoms with E-state index in [9.17, 15) is 24.0 Å². The molecule has 14 heteroatoms. The van der Waals surface area contributed by atoms with Crippen LogP contribution in [0.15, 0.2) is 0 Å². The molecule has 0 aromatic rings. The Morgan fingerprint density at radius 3 is 1.77 bits per heavy atom. The Kier molecular flexibility index (Phi) is 14.4. The summed E-state index contributed by atoms with van der Waals surface area (Å²) in [5.41, 5.74) is 10.8. The zero-order valence-electron chi connectivity index (χ0n) is 16.5. The van der Waals surface area contributed by atoms with Crippen molar-refractivity contribution in [3.05, 3.63) is 0 Å². The predicted molar refractivity (Wildman–Crippen MR) is 121 cm³/mol. The zero-order chi connectivity index (χ0) is 23.3. The number of aliphatic carboxylic acids is 1. The number of carbonyl (C=O) groups is 5. The van der Waals surface area contributed by atoms with E-state index in [-0.39, 0.29) is 24.3 Å². The smallest absolute Gasteiger partial charge is 0.326 e. The van der Waals surface area contributed by atoms with Crippen LogP contribution in [-0.4, -0.2) is 82.4 Å². The summed E-state index contributed by atoms with van der Waals surface area (Å²) in [7, 11) is 0. The van der Waals surface area contributed by atoms with Crippen LogP contribution in [0, 0.1) is 0 Å². The topological polar surface area (TPSA) is 194 Å². The number of primary amides is 1. The minimum absolute atomic E-state index is 0.0515. The molecule has 0 saturated carbocycles. The van der Waals surface area contributed by atoms with Crippen LogP contribution < -0.4 is 27.4 Å². The summed E-state index contributed by atoms with van der Waals surface area (Å²) in [5.74, 6) is -3.61. The fourth-order valence-corrected chi connectivity index (χ4v) is 3.14. The molecule has 8 N–H and O–H groups in total. The van der Waals surface area contributed by atoms with E-state index in [0.29, 0.717) is 12.2 Å². The summed E-state index contributed by atoms with van der Waals surface area (Å²) in [5, 5.41) is 16.3. The summed E-state index contributed by atoms with van der Waals surface area (Å²) in [6.45, 7) is 0. The van der Waals surface area contributed by atoms with Crippen molar-refractivity contribution in [1.29, 1.82) is 0 Å². The first-order chi connectivity index (χ1) is 14.1. The van der Waals surface area contributed by atoms with Gasteiger partial charge >= 0.3 is 5.97 Å². The number of thiol groups is 2. The molecule has 0 radical (unpaired) electrons. The number of nitrogens with two attached hydrogens (primary N) is 2. The Morgan fingerprint density at radius 2 is 1.37 bits per heavy atom. The Balaban J connectivity index is 4.94. The third-order valence-corrected chi connectivity index (χ3v) is 5.27. The Bertz CT molecular complexity index is 624. The molecule has 0 spiro atoms. The van der Waals surface area contributed by atoms with E-state index in [1.165, 1.54) is 11.8 Å². The molecule has 0 aromatic heterocycles. The van der Waals surface area contributed by atoms with E-state index in [4.69, 9.17) is 16.6 Å². The Hall–Kier alpha value is -1.64. The minimum atomic E-state index is -1.36. The lowest BCUT2D eigenvalue weighted by atomic mass is 10.1. The van der Waals surface area contributed by atoms with Gasteiger partial charge in [-0.15, -0.1) is 0 Å². The van der Waals surface area contributed by atoms with E-state index in [1.807, 2.05) is 6.26 Å². The first-order valence-corrected chi connectivity index (χ1v) is 11.6. The van der Waals surface area contributed by atoms with Gasteiger partial charge in [0, 0.05) is 17.9 Å². The molecule has 0 rings (SSSR count). The molecule has 0 aliphatic heterocycles. The molecule has 0 aliphatic carbocycles. The van der Waals surface area contributed by atoms with Gasteiger partial charge in [-0.05, 0) is 24.9 Å². The number of carboxylic acids is 1. The normalized spacial score (nSPS) is 14.7. The molecule has 0 aliphatic rings. The lowest BCUT2D eigenvalue weighted by molar-refractivity contribution is -0.142. The summed E-state index contributed by atoms with van der Waals surface area (Å²) < 4.78 is 0. The molecular formula is C16H29N5O6S3. The first kappa shape index (κ1) is 28.4. The number of carboxylic acid groups (broad SMARTS) is 1. The standard InChI is InChI=1S/C16H29N5O6S3/c1-30-5-4-8(17)13(23)20-10(6-28)15(25)21-11(7-29)14(24)19-9(16(26)27)2-3-12(18)22/h8-11,28-29H,2-7,17H2,1H3,(H2,18,22)(H,19,24)(H,20,23)(H,21,25)(H,26,27). The molecular weight excluding hydrogens is 454 g/mol. The van der Waals surface area contributed by atoms with Crippen molar-refractivity contribution in [2.75, 3.05) is 23.5 Å². The van der Waals surface area contributed by atoms with E-state index in [2.05, 4.69) is 41.2 Å². The van der Waals surface area contributed by atoms with Gasteiger partial charge in [0.25, 0.3) is 0 Å². The lowest BCUT2D eigenvalue weighted by Crippen LogP contribution is -2.58. The van der Waals surface area contributed by atoms with E-state index < -0.39 is 53.8 Å². The predicted octanol–water partition coefficient (Wildman–Crippen LogP) is -2.27. The average molecular weight is 484 g/mol. The molecule has 0 aromatic carbocycles. The van der Waals surface area contributed by atoms with Crippen LogP contribution in [0.1, 0.15) is 19.3 Å². The second-order valence-electron chi connectivity index (χ2n) is 6.28. The highest BCUT2D eigenvalue weighted by molar-refractivity contribution is 7.98. The number of thioether (sulfide) groups is 1. The van der Waals surface area contributed by atoms with Gasteiger partial charge < -0.3 is 32.5 Å². The van der Waals surface area contributed by atoms with Crippen LogP contribution in [0.3, 0.4) is 0 Å². The molecule has 11 nitrogen and oxygen atoms in total. The second-order valence-corrected chi connectivity index (χ2v) is 8.00. The van der Waals surface area contributed by atoms with E-state index >= 15 is 0 Å². The van der Waals surface area contributed by atoms with Crippen LogP contribution in [0.2, 0.25) is 0 Å². The molecule has 0 fully saturated rings. The number of hydrogen-bond acceptors (Lipinski definition) is 9. The summed E-state index contributed by atoms with van der Waals surface area (Å²) >= 11 is 9.57. The maximum atomic E-state index is 12.4. The highest BCUT2D eigenvalue weighted by Gasteiger charge is 2.29. The molecule has 0 heterocycles. The molecule has 4 atom stereocenters. The van der Waals surface area contributed by atoms with Crippen molar-refractivity contribution in [2.24, 2.45) is 11.5 Å². The monoisotopic (exact) mass is 483 g/mol. The largest absolute Gasteiger partial charge is 0.480 e. The molecule has 30 heavy (non-hydrogen) atoms. The van der Waals surface area contributed by atoms with Crippen molar-refractivity contribution in [3.8, 4) is 0 Å². The maximum absolute atomic E-state index is 12.4. The Morgan fingerprint density at radius 1 is 0.900 bits per heavy atom. The number of hydrogen-bond donors (Lipinski definition) is 8. The number of carbonyl (C=O) groups excluding carboxylic acids is 4. The fraction of sp³-hybridized carbons (Fsp3) is 0.688. The van der Waals surface area contributed by atoms with Gasteiger partial charge in [-0.2, -0.15) is 37.0 Å². The third-order valence-electron chi connectivity index (χ3n) is 3.89. The van der Waals surface area contributed by atoms with Gasteiger partial charge in [0.15, 0.2) is 0 Å². The second kappa shape index (κ2) is 15.2. The average Bonchev–Trinajstić information content (AvgIpc) is 2.70. The summed E-state index contributed by atoms with van der Waals surface area (Å²) in [4.78, 5) is 59.0. The molecule has 0 saturated heterocycles. The highest BCUT2D eigenvalue weighted by atomic mass is 32.2. The van der Waals surface area contributed by atoms with Crippen LogP contribution in [-0.2, 0) is 24.0 Å². The van der Waals surface area contributed by atoms with Crippen LogP contribution >= 0.6 is 37.0 Å². The van der Waals surface area contributed by atoms with Gasteiger partial charge in [0.05, 0.1) is 6.04 Å². The molecule has 0 bridgehead atoms. The summed E-state index contributed by atoms with van der Waals surface area (Å²) in [6.07, 6.45) is 1.87. The SMILES string of the molecule is CSCCC(N)C(=O)NC(CS)C(=O)NC(CS)C(=O)NC(CCC(N)=O)C(=O)O. The number of amides is 4. The van der Waals surface area contributed by atoms with Crippen LogP contribution in [0.4, 0.5) is 0 Å². The van der Waals surface area contributed by atoms with Crippen molar-refractivity contribution in [1.82, 2.24) is 16.0 Å². The van der Waals surface area contributed by atoms with Crippen LogP contribution in [0.5, 0.6) is 0 Å². The quantitative estimate of drug-likeness (QED) is 0.119. The van der Waals surface area contributed by atoms with Crippen LogP contribution in [0.25, 0.3) is 0 Å². The van der Waals surface area contributed by atoms with Crippen molar-refractivity contribution in [3.63, 3.8) is 0 Å². The van der Waals surface area contributed by atoms with Gasteiger partial charge in [0.1, 0.15) is 18.1 Å². The third kappa shape index (κ3) is 10.9. The van der Waals surface area contributed by atoms with E-state index in [0.717, 1.165) is 0 Å². The maximum Gasteiger partial charge on any atom is 0.326 e. The minimum Gasteiger partial charge on any atom is -0.480 e. The molecule has 4 amide bonds. The van der Waals surface area contributed by atoms with E-state index in [1.54, 1.807) is 0 Å². The van der Waals surface area contributed by atoms with Gasteiger partial charge in [-0.1, -0.05) is 0 Å². The first-order valence-electron chi connectivity index (χ1n) is 8.95. The van der Waals surface area contributed by atoms with Gasteiger partial charge in [0.2, 0.25) is 23.6 Å². The van der Waals surface area contributed by atoms with Gasteiger partial charge in [-0.3, -0.25) is 19.2 Å². The van der Waals surface area contributed by atoms with Crippen molar-refractivity contribution < 1.29 is 29.1 Å². The fourth-order valence-electron chi connectivity index (χ4n) is 2.13. The lowest BCUT2D eigenvalue weighted by Gasteiger charge is -2.23. The zero-order valence-corrected chi connectivity index (χ0v) is 19.1. The van der Waals surface area contributed by atoms with Crippen molar-refractivity contribution >= 4 is 66.6 Å². The molecule has 4 unspecified atom stereocenters. The number of rotatable bonds is 15. The van der Waals surface area contributed by atoms with Crippen molar-refractivity contribution in [2.45, 2.75) is 43.4 Å². The molecule has 172 valence electrons. The van der Waals surface area contributed by atoms with Gasteiger partial charge in [-0.25, -0.2) is 4.79 Å². The number of nitrogens with one attached hydrogen (secondary N) is 3. The highest BCUT2D eigenvalue weighted by Crippen LogP contribution is 2.02.